The smallest absolute Gasteiger partial charge is 0.327 e. The lowest BCUT2D eigenvalue weighted by Crippen LogP contribution is -2.59. The Labute approximate surface area is 145 Å². The number of hydrogen-bond donors (Lipinski definition) is 2. The molecule has 0 aliphatic carbocycles. The summed E-state index contributed by atoms with van der Waals surface area (Å²) in [6.45, 7) is 1.79. The van der Waals surface area contributed by atoms with Gasteiger partial charge in [0.25, 0.3) is 0 Å². The fourth-order valence-electron chi connectivity index (χ4n) is 2.46. The molecule has 1 saturated heterocycles. The lowest BCUT2D eigenvalue weighted by molar-refractivity contribution is -0.120. The average molecular weight is 431 g/mol. The molecule has 6 nitrogen and oxygen atoms in total. The molecule has 3 rings (SSSR count). The highest BCUT2D eigenvalue weighted by molar-refractivity contribution is 14.1. The van der Waals surface area contributed by atoms with Gasteiger partial charge in [0, 0.05) is 15.3 Å². The summed E-state index contributed by atoms with van der Waals surface area (Å²) in [6, 6.07) is 4.68. The number of nitrogens with zero attached hydrogens (tertiary/aromatic N) is 2. The fourth-order valence-corrected chi connectivity index (χ4v) is 3.40. The number of nitrogens with one attached hydrogen (secondary N) is 2. The van der Waals surface area contributed by atoms with Crippen LogP contribution in [0.5, 0.6) is 0 Å². The summed E-state index contributed by atoms with van der Waals surface area (Å²) in [5, 5.41) is 9.79. The number of aromatic nitrogens is 2. The van der Waals surface area contributed by atoms with Crippen molar-refractivity contribution in [2.45, 2.75) is 18.9 Å². The first kappa shape index (κ1) is 15.3. The molecule has 0 bridgehead atoms. The van der Waals surface area contributed by atoms with E-state index in [0.29, 0.717) is 10.7 Å². The van der Waals surface area contributed by atoms with Crippen LogP contribution in [0.2, 0.25) is 5.02 Å². The van der Waals surface area contributed by atoms with E-state index in [2.05, 4.69) is 38.1 Å². The zero-order valence-corrected chi connectivity index (χ0v) is 14.5. The predicted octanol–water partition coefficient (Wildman–Crippen LogP) is 3.03. The van der Waals surface area contributed by atoms with Crippen LogP contribution in [0, 0.1) is 3.57 Å². The molecular formula is C14H12ClIN4O2. The van der Waals surface area contributed by atoms with Gasteiger partial charge in [-0.3, -0.25) is 9.89 Å². The van der Waals surface area contributed by atoms with Crippen LogP contribution in [-0.2, 0) is 10.3 Å². The summed E-state index contributed by atoms with van der Waals surface area (Å²) in [7, 11) is 0. The number of imide groups is 1. The highest BCUT2D eigenvalue weighted by Gasteiger charge is 2.42. The Morgan fingerprint density at radius 1 is 1.41 bits per heavy atom. The number of hydrogen-bond acceptors (Lipinski definition) is 3. The minimum atomic E-state index is -0.784. The Morgan fingerprint density at radius 2 is 2.18 bits per heavy atom. The zero-order chi connectivity index (χ0) is 15.9. The van der Waals surface area contributed by atoms with Gasteiger partial charge >= 0.3 is 6.03 Å². The topological polar surface area (TPSA) is 78.1 Å². The Hall–Kier alpha value is -1.61. The van der Waals surface area contributed by atoms with Crippen molar-refractivity contribution < 1.29 is 9.59 Å². The quantitative estimate of drug-likeness (QED) is 0.719. The molecule has 2 heterocycles. The molecule has 1 aromatic heterocycles. The number of H-pyrrole nitrogens is 1. The molecule has 0 saturated carbocycles. The number of aromatic amines is 1. The van der Waals surface area contributed by atoms with Crippen molar-refractivity contribution >= 4 is 51.8 Å². The summed E-state index contributed by atoms with van der Waals surface area (Å²) < 4.78 is 0.930. The van der Waals surface area contributed by atoms with Crippen LogP contribution in [-0.4, -0.2) is 22.1 Å². The van der Waals surface area contributed by atoms with Crippen LogP contribution in [0.4, 0.5) is 10.5 Å². The molecule has 22 heavy (non-hydrogen) atoms. The first-order valence-corrected chi connectivity index (χ1v) is 7.96. The average Bonchev–Trinajstić information content (AvgIpc) is 2.95. The first-order chi connectivity index (χ1) is 10.4. The van der Waals surface area contributed by atoms with Crippen molar-refractivity contribution in [2.24, 2.45) is 0 Å². The third-order valence-corrected chi connectivity index (χ3v) is 4.60. The first-order valence-electron chi connectivity index (χ1n) is 6.50. The maximum Gasteiger partial charge on any atom is 0.329 e. The van der Waals surface area contributed by atoms with Crippen LogP contribution in [0.25, 0.3) is 0 Å². The molecule has 0 radical (unpaired) electrons. The van der Waals surface area contributed by atoms with Crippen molar-refractivity contribution in [3.63, 3.8) is 0 Å². The van der Waals surface area contributed by atoms with Gasteiger partial charge in [-0.15, -0.1) is 0 Å². The molecule has 8 heteroatoms. The second-order valence-electron chi connectivity index (χ2n) is 5.25. The number of amides is 3. The summed E-state index contributed by atoms with van der Waals surface area (Å²) in [4.78, 5) is 26.1. The fraction of sp³-hybridized carbons (Fsp3) is 0.214. The molecule has 1 unspecified atom stereocenters. The van der Waals surface area contributed by atoms with Gasteiger partial charge in [-0.2, -0.15) is 5.10 Å². The van der Waals surface area contributed by atoms with E-state index in [1.165, 1.54) is 0 Å². The number of rotatable bonds is 2. The minimum Gasteiger partial charge on any atom is -0.327 e. The maximum absolute atomic E-state index is 12.5. The van der Waals surface area contributed by atoms with Gasteiger partial charge in [-0.05, 0) is 47.7 Å². The minimum absolute atomic E-state index is 0.126. The van der Waals surface area contributed by atoms with Crippen molar-refractivity contribution in [3.05, 3.63) is 44.7 Å². The van der Waals surface area contributed by atoms with Gasteiger partial charge in [-0.25, -0.2) is 9.69 Å². The number of anilines is 1. The SMILES string of the molecule is CC1(c2cn[nH]c2)CC(=O)N(c2ccc(I)cc2Cl)C(=O)N1. The normalized spacial score (nSPS) is 21.9. The number of carbonyl (C=O) groups excluding carboxylic acids is 2. The van der Waals surface area contributed by atoms with Gasteiger partial charge in [0.2, 0.25) is 5.91 Å². The van der Waals surface area contributed by atoms with Gasteiger partial charge in [-0.1, -0.05) is 11.6 Å². The van der Waals surface area contributed by atoms with E-state index in [9.17, 15) is 9.59 Å². The number of urea groups is 1. The Balaban J connectivity index is 1.94. The summed E-state index contributed by atoms with van der Waals surface area (Å²) >= 11 is 8.29. The molecular weight excluding hydrogens is 419 g/mol. The van der Waals surface area contributed by atoms with Crippen LogP contribution in [0.3, 0.4) is 0 Å². The Bertz CT molecular complexity index is 729. The summed E-state index contributed by atoms with van der Waals surface area (Å²) in [6.07, 6.45) is 3.39. The molecule has 1 aliphatic heterocycles. The third-order valence-electron chi connectivity index (χ3n) is 3.63. The van der Waals surface area contributed by atoms with Crippen molar-refractivity contribution in [2.75, 3.05) is 4.90 Å². The van der Waals surface area contributed by atoms with Crippen LogP contribution >= 0.6 is 34.2 Å². The molecule has 1 atom stereocenters. The second kappa shape index (κ2) is 5.54. The molecule has 3 amide bonds. The summed E-state index contributed by atoms with van der Waals surface area (Å²) in [5.74, 6) is -0.310. The third kappa shape index (κ3) is 2.58. The van der Waals surface area contributed by atoms with E-state index < -0.39 is 11.6 Å². The molecule has 1 aromatic carbocycles. The molecule has 2 aromatic rings. The van der Waals surface area contributed by atoms with E-state index >= 15 is 0 Å². The van der Waals surface area contributed by atoms with Gasteiger partial charge in [0.05, 0.1) is 28.9 Å². The van der Waals surface area contributed by atoms with E-state index in [4.69, 9.17) is 11.6 Å². The lowest BCUT2D eigenvalue weighted by atomic mass is 9.88. The van der Waals surface area contributed by atoms with Crippen LogP contribution < -0.4 is 10.2 Å². The second-order valence-corrected chi connectivity index (χ2v) is 6.90. The van der Waals surface area contributed by atoms with Crippen LogP contribution in [0.1, 0.15) is 18.9 Å². The van der Waals surface area contributed by atoms with E-state index in [1.54, 1.807) is 37.5 Å². The maximum atomic E-state index is 12.5. The van der Waals surface area contributed by atoms with Crippen molar-refractivity contribution in [3.8, 4) is 0 Å². The van der Waals surface area contributed by atoms with Gasteiger partial charge in [0.1, 0.15) is 0 Å². The van der Waals surface area contributed by atoms with E-state index in [-0.39, 0.29) is 12.3 Å². The molecule has 1 fully saturated rings. The lowest BCUT2D eigenvalue weighted by Gasteiger charge is -2.38. The monoisotopic (exact) mass is 430 g/mol. The molecule has 2 N–H and O–H groups in total. The van der Waals surface area contributed by atoms with Crippen LogP contribution in [0.15, 0.2) is 30.6 Å². The predicted molar refractivity (Wildman–Crippen MR) is 90.7 cm³/mol. The standard InChI is InChI=1S/C14H12ClIN4O2/c1-14(8-6-17-18-7-8)5-12(21)20(13(22)19-14)11-3-2-9(16)4-10(11)15/h2-4,6-7H,5H2,1H3,(H,17,18)(H,19,22). The largest absolute Gasteiger partial charge is 0.329 e. The number of carbonyl (C=O) groups is 2. The highest BCUT2D eigenvalue weighted by atomic mass is 127. The van der Waals surface area contributed by atoms with E-state index in [0.717, 1.165) is 14.0 Å². The Kier molecular flexibility index (Phi) is 3.85. The van der Waals surface area contributed by atoms with Gasteiger partial charge in [0.15, 0.2) is 0 Å². The van der Waals surface area contributed by atoms with Crippen molar-refractivity contribution in [1.82, 2.24) is 15.5 Å². The molecule has 0 spiro atoms. The van der Waals surface area contributed by atoms with Crippen molar-refractivity contribution in [1.29, 1.82) is 0 Å². The van der Waals surface area contributed by atoms with Gasteiger partial charge < -0.3 is 5.32 Å². The number of halogens is 2. The molecule has 1 aliphatic rings. The van der Waals surface area contributed by atoms with E-state index in [1.807, 2.05) is 0 Å². The summed E-state index contributed by atoms with van der Waals surface area (Å²) in [5.41, 5.74) is 0.356. The number of benzene rings is 1. The zero-order valence-electron chi connectivity index (χ0n) is 11.6. The molecule has 114 valence electrons. The Morgan fingerprint density at radius 3 is 2.77 bits per heavy atom. The highest BCUT2D eigenvalue weighted by Crippen LogP contribution is 2.34.